The molecule has 0 spiro atoms. The highest BCUT2D eigenvalue weighted by atomic mass is 19.1. The van der Waals surface area contributed by atoms with Crippen LogP contribution >= 0.6 is 0 Å². The molecule has 0 aromatic heterocycles. The van der Waals surface area contributed by atoms with Crippen LogP contribution in [0.25, 0.3) is 0 Å². The van der Waals surface area contributed by atoms with Crippen molar-refractivity contribution in [2.45, 2.75) is 70.9 Å². The summed E-state index contributed by atoms with van der Waals surface area (Å²) in [6, 6.07) is 7.92. The van der Waals surface area contributed by atoms with Crippen LogP contribution in [0, 0.1) is 11.7 Å². The molecule has 2 heteroatoms. The molecule has 1 N–H and O–H groups in total. The molecule has 1 saturated carbocycles. The number of hydrogen-bond acceptors (Lipinski definition) is 1. The highest BCUT2D eigenvalue weighted by Crippen LogP contribution is 2.25. The van der Waals surface area contributed by atoms with Crippen LogP contribution in [0.1, 0.15) is 57.9 Å². The molecular formula is C18H28FN. The fourth-order valence-corrected chi connectivity index (χ4v) is 3.43. The Kier molecular flexibility index (Phi) is 6.03. The van der Waals surface area contributed by atoms with Gasteiger partial charge < -0.3 is 5.32 Å². The molecule has 1 aliphatic carbocycles. The van der Waals surface area contributed by atoms with E-state index in [9.17, 15) is 4.39 Å². The number of halogens is 1. The van der Waals surface area contributed by atoms with Crippen LogP contribution in [0.4, 0.5) is 4.39 Å². The molecule has 2 rings (SSSR count). The van der Waals surface area contributed by atoms with Crippen molar-refractivity contribution in [3.05, 3.63) is 35.6 Å². The highest BCUT2D eigenvalue weighted by Gasteiger charge is 2.20. The Balaban J connectivity index is 1.80. The molecule has 112 valence electrons. The molecule has 1 fully saturated rings. The molecule has 1 aromatic carbocycles. The summed E-state index contributed by atoms with van der Waals surface area (Å²) in [5, 5.41) is 3.75. The van der Waals surface area contributed by atoms with Gasteiger partial charge in [0.1, 0.15) is 5.82 Å². The van der Waals surface area contributed by atoms with Gasteiger partial charge in [0, 0.05) is 12.1 Å². The maximum atomic E-state index is 12.9. The second-order valence-electron chi connectivity index (χ2n) is 6.44. The highest BCUT2D eigenvalue weighted by molar-refractivity contribution is 5.17. The summed E-state index contributed by atoms with van der Waals surface area (Å²) < 4.78 is 12.9. The van der Waals surface area contributed by atoms with E-state index in [-0.39, 0.29) is 5.82 Å². The molecule has 1 aliphatic rings. The molecule has 20 heavy (non-hydrogen) atoms. The summed E-state index contributed by atoms with van der Waals surface area (Å²) in [4.78, 5) is 0. The van der Waals surface area contributed by atoms with Crippen molar-refractivity contribution in [1.82, 2.24) is 5.32 Å². The molecule has 1 nitrogen and oxygen atoms in total. The van der Waals surface area contributed by atoms with Gasteiger partial charge in [0.05, 0.1) is 0 Å². The van der Waals surface area contributed by atoms with Crippen LogP contribution < -0.4 is 5.32 Å². The number of hydrogen-bond donors (Lipinski definition) is 1. The van der Waals surface area contributed by atoms with Crippen molar-refractivity contribution < 1.29 is 4.39 Å². The lowest BCUT2D eigenvalue weighted by atomic mass is 9.92. The largest absolute Gasteiger partial charge is 0.311 e. The van der Waals surface area contributed by atoms with E-state index in [0.29, 0.717) is 12.1 Å². The fraction of sp³-hybridized carbons (Fsp3) is 0.667. The minimum atomic E-state index is -0.152. The standard InChI is InChI=1S/C18H28FN/c1-14(13-16-9-11-18(19)12-10-16)20-15(2)17-7-5-3-4-6-8-17/h9-12,14-15,17,20H,3-8,13H2,1-2H3/t14?,15-/m0/s1. The van der Waals surface area contributed by atoms with Crippen LogP contribution in [0.3, 0.4) is 0 Å². The molecule has 0 saturated heterocycles. The first-order chi connectivity index (χ1) is 9.65. The van der Waals surface area contributed by atoms with Crippen LogP contribution in [0.15, 0.2) is 24.3 Å². The van der Waals surface area contributed by atoms with E-state index < -0.39 is 0 Å². The topological polar surface area (TPSA) is 12.0 Å². The van der Waals surface area contributed by atoms with Crippen LogP contribution in [0.5, 0.6) is 0 Å². The summed E-state index contributed by atoms with van der Waals surface area (Å²) >= 11 is 0. The molecule has 0 aliphatic heterocycles. The Labute approximate surface area is 123 Å². The van der Waals surface area contributed by atoms with E-state index in [1.54, 1.807) is 12.1 Å². The lowest BCUT2D eigenvalue weighted by Gasteiger charge is -2.27. The summed E-state index contributed by atoms with van der Waals surface area (Å²) in [6.45, 7) is 4.56. The predicted molar refractivity (Wildman–Crippen MR) is 83.4 cm³/mol. The van der Waals surface area contributed by atoms with Crippen molar-refractivity contribution in [2.24, 2.45) is 5.92 Å². The van der Waals surface area contributed by atoms with E-state index in [4.69, 9.17) is 0 Å². The first-order valence-corrected chi connectivity index (χ1v) is 8.15. The van der Waals surface area contributed by atoms with Crippen molar-refractivity contribution >= 4 is 0 Å². The Morgan fingerprint density at radius 3 is 2.25 bits per heavy atom. The predicted octanol–water partition coefficient (Wildman–Crippen LogP) is 4.71. The van der Waals surface area contributed by atoms with E-state index in [2.05, 4.69) is 19.2 Å². The molecule has 1 unspecified atom stereocenters. The maximum absolute atomic E-state index is 12.9. The van der Waals surface area contributed by atoms with Crippen LogP contribution in [0.2, 0.25) is 0 Å². The summed E-state index contributed by atoms with van der Waals surface area (Å²) in [6.07, 6.45) is 9.32. The third-order valence-electron chi connectivity index (χ3n) is 4.61. The van der Waals surface area contributed by atoms with Gasteiger partial charge in [-0.1, -0.05) is 37.8 Å². The van der Waals surface area contributed by atoms with Crippen molar-refractivity contribution in [3.8, 4) is 0 Å². The van der Waals surface area contributed by atoms with Crippen molar-refractivity contribution in [1.29, 1.82) is 0 Å². The lowest BCUT2D eigenvalue weighted by molar-refractivity contribution is 0.313. The van der Waals surface area contributed by atoms with Gasteiger partial charge in [0.15, 0.2) is 0 Å². The van der Waals surface area contributed by atoms with E-state index in [0.717, 1.165) is 12.3 Å². The van der Waals surface area contributed by atoms with Crippen LogP contribution in [-0.2, 0) is 6.42 Å². The summed E-state index contributed by atoms with van der Waals surface area (Å²) in [5.74, 6) is 0.675. The molecule has 0 radical (unpaired) electrons. The number of nitrogens with one attached hydrogen (secondary N) is 1. The SMILES string of the molecule is CC(Cc1ccc(F)cc1)N[C@@H](C)C1CCCCCC1. The van der Waals surface area contributed by atoms with Gasteiger partial charge in [0.2, 0.25) is 0 Å². The van der Waals surface area contributed by atoms with Crippen LogP contribution in [-0.4, -0.2) is 12.1 Å². The third kappa shape index (κ3) is 4.90. The summed E-state index contributed by atoms with van der Waals surface area (Å²) in [5.41, 5.74) is 1.21. The average molecular weight is 277 g/mol. The lowest BCUT2D eigenvalue weighted by Crippen LogP contribution is -2.40. The normalized spacial score (nSPS) is 20.4. The van der Waals surface area contributed by atoms with Gasteiger partial charge in [-0.15, -0.1) is 0 Å². The smallest absolute Gasteiger partial charge is 0.123 e. The monoisotopic (exact) mass is 277 g/mol. The zero-order valence-corrected chi connectivity index (χ0v) is 12.9. The molecule has 0 amide bonds. The Morgan fingerprint density at radius 2 is 1.65 bits per heavy atom. The van der Waals surface area contributed by atoms with Crippen molar-refractivity contribution in [2.75, 3.05) is 0 Å². The quantitative estimate of drug-likeness (QED) is 0.769. The molecular weight excluding hydrogens is 249 g/mol. The number of rotatable bonds is 5. The van der Waals surface area contributed by atoms with Gasteiger partial charge >= 0.3 is 0 Å². The first kappa shape index (κ1) is 15.5. The molecule has 2 atom stereocenters. The third-order valence-corrected chi connectivity index (χ3v) is 4.61. The van der Waals surface area contributed by atoms with E-state index in [1.165, 1.54) is 44.1 Å². The Bertz CT molecular complexity index is 379. The second-order valence-corrected chi connectivity index (χ2v) is 6.44. The first-order valence-electron chi connectivity index (χ1n) is 8.15. The van der Waals surface area contributed by atoms with E-state index >= 15 is 0 Å². The van der Waals surface area contributed by atoms with Gasteiger partial charge in [-0.2, -0.15) is 0 Å². The van der Waals surface area contributed by atoms with Crippen molar-refractivity contribution in [3.63, 3.8) is 0 Å². The van der Waals surface area contributed by atoms with Gasteiger partial charge in [-0.3, -0.25) is 0 Å². The van der Waals surface area contributed by atoms with Gasteiger partial charge in [-0.05, 0) is 56.7 Å². The van der Waals surface area contributed by atoms with E-state index in [1.807, 2.05) is 12.1 Å². The average Bonchev–Trinajstić information content (AvgIpc) is 2.70. The van der Waals surface area contributed by atoms with Gasteiger partial charge in [-0.25, -0.2) is 4.39 Å². The molecule has 0 heterocycles. The molecule has 1 aromatic rings. The zero-order valence-electron chi connectivity index (χ0n) is 12.9. The molecule has 0 bridgehead atoms. The maximum Gasteiger partial charge on any atom is 0.123 e. The minimum absolute atomic E-state index is 0.152. The Morgan fingerprint density at radius 1 is 1.05 bits per heavy atom. The number of benzene rings is 1. The summed E-state index contributed by atoms with van der Waals surface area (Å²) in [7, 11) is 0. The fourth-order valence-electron chi connectivity index (χ4n) is 3.43. The zero-order chi connectivity index (χ0) is 14.4. The Hall–Kier alpha value is -0.890. The second kappa shape index (κ2) is 7.78. The minimum Gasteiger partial charge on any atom is -0.311 e. The van der Waals surface area contributed by atoms with Gasteiger partial charge in [0.25, 0.3) is 0 Å².